The molecule has 0 atom stereocenters. The van der Waals surface area contributed by atoms with Gasteiger partial charge in [0.05, 0.1) is 18.7 Å². The van der Waals surface area contributed by atoms with Gasteiger partial charge in [-0.3, -0.25) is 9.89 Å². The summed E-state index contributed by atoms with van der Waals surface area (Å²) in [6.07, 6.45) is 0.175. The molecule has 0 fully saturated rings. The number of aliphatic imine (C=N–C) groups is 1. The fraction of sp³-hybridized carbons (Fsp3) is 0.267. The number of rotatable bonds is 5. The standard InChI is InChI=1S/C15H16BrN3O2/c1-3-21-15(20)8-10(2)17-14-9-13(18-19-14)11-4-6-12(16)7-5-11/h4-7,9H,3,8H2,1-2H3,(H,18,19). The minimum atomic E-state index is -0.276. The topological polar surface area (TPSA) is 67.3 Å². The number of halogens is 1. The predicted molar refractivity (Wildman–Crippen MR) is 85.7 cm³/mol. The molecule has 1 heterocycles. The summed E-state index contributed by atoms with van der Waals surface area (Å²) in [6.45, 7) is 3.94. The van der Waals surface area contributed by atoms with Gasteiger partial charge in [-0.25, -0.2) is 4.99 Å². The van der Waals surface area contributed by atoms with Crippen molar-refractivity contribution in [3.05, 3.63) is 34.8 Å². The van der Waals surface area contributed by atoms with Crippen molar-refractivity contribution >= 4 is 33.4 Å². The number of carbonyl (C=O) groups excluding carboxylic acids is 1. The molecule has 0 bridgehead atoms. The summed E-state index contributed by atoms with van der Waals surface area (Å²) in [7, 11) is 0. The van der Waals surface area contributed by atoms with E-state index in [0.29, 0.717) is 18.1 Å². The fourth-order valence-corrected chi connectivity index (χ4v) is 2.07. The van der Waals surface area contributed by atoms with Gasteiger partial charge in [0.1, 0.15) is 0 Å². The lowest BCUT2D eigenvalue weighted by Crippen LogP contribution is -2.08. The molecule has 2 aromatic rings. The lowest BCUT2D eigenvalue weighted by molar-refractivity contribution is -0.141. The van der Waals surface area contributed by atoms with E-state index in [1.807, 2.05) is 30.3 Å². The number of H-pyrrole nitrogens is 1. The second kappa shape index (κ2) is 7.17. The molecule has 0 unspecified atom stereocenters. The summed E-state index contributed by atoms with van der Waals surface area (Å²) >= 11 is 3.40. The van der Waals surface area contributed by atoms with Crippen LogP contribution in [0.15, 0.2) is 39.8 Å². The van der Waals surface area contributed by atoms with Crippen molar-refractivity contribution in [1.29, 1.82) is 0 Å². The second-order valence-corrected chi connectivity index (χ2v) is 5.39. The van der Waals surface area contributed by atoms with Crippen molar-refractivity contribution in [2.75, 3.05) is 6.61 Å². The number of carbonyl (C=O) groups is 1. The summed E-state index contributed by atoms with van der Waals surface area (Å²) < 4.78 is 5.91. The van der Waals surface area contributed by atoms with Gasteiger partial charge in [-0.1, -0.05) is 28.1 Å². The van der Waals surface area contributed by atoms with Gasteiger partial charge in [-0.15, -0.1) is 0 Å². The summed E-state index contributed by atoms with van der Waals surface area (Å²) in [6, 6.07) is 9.74. The molecule has 5 nitrogen and oxygen atoms in total. The Kier molecular flexibility index (Phi) is 5.27. The fourth-order valence-electron chi connectivity index (χ4n) is 1.80. The molecule has 0 radical (unpaired) electrons. The normalized spacial score (nSPS) is 11.5. The SMILES string of the molecule is CCOC(=O)CC(C)=Nc1cc(-c2ccc(Br)cc2)[nH]n1. The van der Waals surface area contributed by atoms with Crippen LogP contribution >= 0.6 is 15.9 Å². The van der Waals surface area contributed by atoms with Gasteiger partial charge < -0.3 is 4.74 Å². The first-order valence-electron chi connectivity index (χ1n) is 6.59. The monoisotopic (exact) mass is 349 g/mol. The van der Waals surface area contributed by atoms with Gasteiger partial charge in [0.2, 0.25) is 0 Å². The number of hydrogen-bond acceptors (Lipinski definition) is 4. The zero-order valence-electron chi connectivity index (χ0n) is 11.9. The van der Waals surface area contributed by atoms with E-state index in [9.17, 15) is 4.79 Å². The molecule has 0 aliphatic rings. The Hall–Kier alpha value is -1.95. The van der Waals surface area contributed by atoms with Crippen molar-refractivity contribution in [1.82, 2.24) is 10.2 Å². The Morgan fingerprint density at radius 1 is 1.38 bits per heavy atom. The molecule has 0 saturated heterocycles. The Morgan fingerprint density at radius 3 is 2.76 bits per heavy atom. The first-order valence-corrected chi connectivity index (χ1v) is 7.39. The average molecular weight is 350 g/mol. The second-order valence-electron chi connectivity index (χ2n) is 4.48. The highest BCUT2D eigenvalue weighted by Gasteiger charge is 2.06. The highest BCUT2D eigenvalue weighted by molar-refractivity contribution is 9.10. The Balaban J connectivity index is 2.09. The molecule has 0 saturated carbocycles. The van der Waals surface area contributed by atoms with Crippen LogP contribution in [-0.4, -0.2) is 28.5 Å². The van der Waals surface area contributed by atoms with E-state index in [-0.39, 0.29) is 12.4 Å². The molecule has 110 valence electrons. The molecule has 2 rings (SSSR count). The number of esters is 1. The van der Waals surface area contributed by atoms with Gasteiger partial charge in [0.25, 0.3) is 0 Å². The van der Waals surface area contributed by atoms with E-state index < -0.39 is 0 Å². The minimum absolute atomic E-state index is 0.175. The maximum atomic E-state index is 11.4. The number of nitrogens with one attached hydrogen (secondary N) is 1. The van der Waals surface area contributed by atoms with Gasteiger partial charge in [0.15, 0.2) is 5.82 Å². The maximum absolute atomic E-state index is 11.4. The largest absolute Gasteiger partial charge is 0.466 e. The quantitative estimate of drug-likeness (QED) is 0.657. The third-order valence-corrected chi connectivity index (χ3v) is 3.26. The van der Waals surface area contributed by atoms with Crippen LogP contribution in [0, 0.1) is 0 Å². The molecular formula is C15H16BrN3O2. The summed E-state index contributed by atoms with van der Waals surface area (Å²) in [4.78, 5) is 15.7. The van der Waals surface area contributed by atoms with Crippen molar-refractivity contribution in [3.8, 4) is 11.3 Å². The van der Waals surface area contributed by atoms with Gasteiger partial charge in [-0.2, -0.15) is 5.10 Å². The molecule has 0 aliphatic heterocycles. The number of ether oxygens (including phenoxy) is 1. The van der Waals surface area contributed by atoms with Gasteiger partial charge in [-0.05, 0) is 31.5 Å². The molecule has 1 aromatic carbocycles. The van der Waals surface area contributed by atoms with E-state index in [4.69, 9.17) is 4.74 Å². The lowest BCUT2D eigenvalue weighted by Gasteiger charge is -2.00. The molecular weight excluding hydrogens is 334 g/mol. The van der Waals surface area contributed by atoms with Crippen molar-refractivity contribution < 1.29 is 9.53 Å². The van der Waals surface area contributed by atoms with E-state index in [2.05, 4.69) is 31.1 Å². The van der Waals surface area contributed by atoms with Crippen LogP contribution in [0.4, 0.5) is 5.82 Å². The molecule has 0 spiro atoms. The first kappa shape index (κ1) is 15.4. The van der Waals surface area contributed by atoms with E-state index in [1.165, 1.54) is 0 Å². The zero-order chi connectivity index (χ0) is 15.2. The Bertz CT molecular complexity index is 647. The maximum Gasteiger partial charge on any atom is 0.311 e. The first-order chi connectivity index (χ1) is 10.1. The van der Waals surface area contributed by atoms with E-state index >= 15 is 0 Å². The summed E-state index contributed by atoms with van der Waals surface area (Å²) in [5, 5.41) is 7.07. The van der Waals surface area contributed by atoms with Gasteiger partial charge in [0, 0.05) is 16.3 Å². The molecule has 21 heavy (non-hydrogen) atoms. The third kappa shape index (κ3) is 4.53. The van der Waals surface area contributed by atoms with Crippen molar-refractivity contribution in [3.63, 3.8) is 0 Å². The molecule has 0 aliphatic carbocycles. The highest BCUT2D eigenvalue weighted by atomic mass is 79.9. The third-order valence-electron chi connectivity index (χ3n) is 2.73. The Labute approximate surface area is 131 Å². The van der Waals surface area contributed by atoms with Crippen molar-refractivity contribution in [2.24, 2.45) is 4.99 Å². The van der Waals surface area contributed by atoms with Gasteiger partial charge >= 0.3 is 5.97 Å². The van der Waals surface area contributed by atoms with Crippen LogP contribution in [0.5, 0.6) is 0 Å². The smallest absolute Gasteiger partial charge is 0.311 e. The van der Waals surface area contributed by atoms with Crippen molar-refractivity contribution in [2.45, 2.75) is 20.3 Å². The van der Waals surface area contributed by atoms with Crippen LogP contribution in [0.3, 0.4) is 0 Å². The number of benzene rings is 1. The highest BCUT2D eigenvalue weighted by Crippen LogP contribution is 2.23. The molecule has 1 aromatic heterocycles. The summed E-state index contributed by atoms with van der Waals surface area (Å²) in [5.41, 5.74) is 2.57. The van der Waals surface area contributed by atoms with Crippen LogP contribution in [0.1, 0.15) is 20.3 Å². The number of nitrogens with zero attached hydrogens (tertiary/aromatic N) is 2. The lowest BCUT2D eigenvalue weighted by atomic mass is 10.1. The Morgan fingerprint density at radius 2 is 2.10 bits per heavy atom. The van der Waals surface area contributed by atoms with Crippen LogP contribution < -0.4 is 0 Å². The molecule has 6 heteroatoms. The minimum Gasteiger partial charge on any atom is -0.466 e. The number of hydrogen-bond donors (Lipinski definition) is 1. The van der Waals surface area contributed by atoms with E-state index in [1.54, 1.807) is 13.8 Å². The number of aromatic amines is 1. The van der Waals surface area contributed by atoms with Crippen LogP contribution in [-0.2, 0) is 9.53 Å². The summed E-state index contributed by atoms with van der Waals surface area (Å²) in [5.74, 6) is 0.275. The predicted octanol–water partition coefficient (Wildman–Crippen LogP) is 3.88. The molecule has 0 amide bonds. The average Bonchev–Trinajstić information content (AvgIpc) is 2.88. The molecule has 1 N–H and O–H groups in total. The van der Waals surface area contributed by atoms with Crippen LogP contribution in [0.25, 0.3) is 11.3 Å². The van der Waals surface area contributed by atoms with Crippen LogP contribution in [0.2, 0.25) is 0 Å². The van der Waals surface area contributed by atoms with E-state index in [0.717, 1.165) is 15.7 Å². The zero-order valence-corrected chi connectivity index (χ0v) is 13.5. The number of aromatic nitrogens is 2.